The van der Waals surface area contributed by atoms with Crippen molar-refractivity contribution in [3.63, 3.8) is 0 Å². The first-order valence-corrected chi connectivity index (χ1v) is 1.13. The molecule has 0 bridgehead atoms. The van der Waals surface area contributed by atoms with Crippen LogP contribution in [0.3, 0.4) is 0 Å². The Labute approximate surface area is 81.5 Å². The number of rotatable bonds is 1. The van der Waals surface area contributed by atoms with Crippen molar-refractivity contribution in [1.29, 1.82) is 0 Å². The first kappa shape index (κ1) is 15.7. The Bertz CT molecular complexity index is 11.5. The molecule has 26 valence electrons. The molecular weight excluding hydrogens is 102 g/mol. The Morgan fingerprint density at radius 3 is 1.00 bits per heavy atom. The molecular formula is C2H6Na2O2+2. The molecule has 0 amide bonds. The monoisotopic (exact) mass is 108 g/mol. The van der Waals surface area contributed by atoms with Crippen LogP contribution in [0, 0.1) is 0 Å². The van der Waals surface area contributed by atoms with Gasteiger partial charge < -0.3 is 10.2 Å². The normalized spacial score (nSPS) is 5.00. The summed E-state index contributed by atoms with van der Waals surface area (Å²) < 4.78 is 0. The predicted molar refractivity (Wildman–Crippen MR) is 14.2 cm³/mol. The van der Waals surface area contributed by atoms with Gasteiger partial charge in [-0.3, -0.25) is 0 Å². The Balaban J connectivity index is -0.0000000450. The fourth-order valence-electron chi connectivity index (χ4n) is 0. The van der Waals surface area contributed by atoms with Gasteiger partial charge in [-0.2, -0.15) is 0 Å². The van der Waals surface area contributed by atoms with Gasteiger partial charge in [0.25, 0.3) is 0 Å². The maximum absolute atomic E-state index is 7.62. The zero-order chi connectivity index (χ0) is 3.41. The minimum atomic E-state index is -0.125. The van der Waals surface area contributed by atoms with E-state index in [9.17, 15) is 0 Å². The molecule has 0 heterocycles. The van der Waals surface area contributed by atoms with Gasteiger partial charge in [0.15, 0.2) is 0 Å². The van der Waals surface area contributed by atoms with Crippen molar-refractivity contribution in [2.45, 2.75) is 0 Å². The van der Waals surface area contributed by atoms with Crippen LogP contribution in [-0.4, -0.2) is 23.4 Å². The molecule has 0 atom stereocenters. The van der Waals surface area contributed by atoms with Gasteiger partial charge >= 0.3 is 59.1 Å². The Hall–Kier alpha value is 1.92. The number of hydrogen-bond donors (Lipinski definition) is 2. The zero-order valence-electron chi connectivity index (χ0n) is 4.31. The summed E-state index contributed by atoms with van der Waals surface area (Å²) in [6.07, 6.45) is 0. The van der Waals surface area contributed by atoms with Gasteiger partial charge in [0.1, 0.15) is 0 Å². The van der Waals surface area contributed by atoms with Crippen LogP contribution in [0.15, 0.2) is 0 Å². The van der Waals surface area contributed by atoms with Crippen LogP contribution in [0.25, 0.3) is 0 Å². The van der Waals surface area contributed by atoms with E-state index in [1.165, 1.54) is 0 Å². The SMILES string of the molecule is OCCO.[Na+].[Na+]. The van der Waals surface area contributed by atoms with E-state index in [0.29, 0.717) is 0 Å². The standard InChI is InChI=1S/C2H6O2.2Na/c3-1-2-4;;/h3-4H,1-2H2;;/q;2*+1. The molecule has 4 heteroatoms. The van der Waals surface area contributed by atoms with Crippen molar-refractivity contribution < 1.29 is 69.3 Å². The van der Waals surface area contributed by atoms with E-state index in [-0.39, 0.29) is 72.3 Å². The maximum Gasteiger partial charge on any atom is 1.00 e. The molecule has 0 saturated heterocycles. The maximum atomic E-state index is 7.62. The zero-order valence-corrected chi connectivity index (χ0v) is 8.31. The minimum absolute atomic E-state index is 0. The molecule has 0 radical (unpaired) electrons. The average molecular weight is 108 g/mol. The molecule has 0 fully saturated rings. The van der Waals surface area contributed by atoms with Crippen LogP contribution in [-0.2, 0) is 0 Å². The predicted octanol–water partition coefficient (Wildman–Crippen LogP) is -7.02. The molecule has 0 aromatic heterocycles. The van der Waals surface area contributed by atoms with E-state index in [1.807, 2.05) is 0 Å². The van der Waals surface area contributed by atoms with Gasteiger partial charge in [-0.15, -0.1) is 0 Å². The second-order valence-corrected chi connectivity index (χ2v) is 0.447. The van der Waals surface area contributed by atoms with Crippen molar-refractivity contribution in [2.24, 2.45) is 0 Å². The van der Waals surface area contributed by atoms with Gasteiger partial charge in [0.05, 0.1) is 13.2 Å². The third-order valence-electron chi connectivity index (χ3n) is 0.1000. The van der Waals surface area contributed by atoms with Crippen LogP contribution in [0.1, 0.15) is 0 Å². The summed E-state index contributed by atoms with van der Waals surface area (Å²) in [5, 5.41) is 15.2. The fourth-order valence-corrected chi connectivity index (χ4v) is 0. The largest absolute Gasteiger partial charge is 1.00 e. The first-order chi connectivity index (χ1) is 1.91. The molecule has 0 aromatic carbocycles. The van der Waals surface area contributed by atoms with Crippen LogP contribution >= 0.6 is 0 Å². The van der Waals surface area contributed by atoms with Crippen LogP contribution in [0.2, 0.25) is 0 Å². The molecule has 0 aliphatic rings. The van der Waals surface area contributed by atoms with Crippen LogP contribution < -0.4 is 59.1 Å². The van der Waals surface area contributed by atoms with E-state index in [2.05, 4.69) is 0 Å². The topological polar surface area (TPSA) is 40.5 Å². The van der Waals surface area contributed by atoms with Crippen LogP contribution in [0.5, 0.6) is 0 Å². The molecule has 0 rings (SSSR count). The first-order valence-electron chi connectivity index (χ1n) is 1.13. The van der Waals surface area contributed by atoms with Crippen molar-refractivity contribution in [2.75, 3.05) is 13.2 Å². The summed E-state index contributed by atoms with van der Waals surface area (Å²) in [7, 11) is 0. The van der Waals surface area contributed by atoms with E-state index >= 15 is 0 Å². The summed E-state index contributed by atoms with van der Waals surface area (Å²) in [6.45, 7) is -0.250. The van der Waals surface area contributed by atoms with Gasteiger partial charge in [-0.1, -0.05) is 0 Å². The summed E-state index contributed by atoms with van der Waals surface area (Å²) in [5.74, 6) is 0. The Kier molecular flexibility index (Phi) is 41.2. The quantitative estimate of drug-likeness (QED) is 0.328. The molecule has 2 N–H and O–H groups in total. The molecule has 0 saturated carbocycles. The van der Waals surface area contributed by atoms with Crippen LogP contribution in [0.4, 0.5) is 0 Å². The molecule has 0 aromatic rings. The molecule has 6 heavy (non-hydrogen) atoms. The smallest absolute Gasteiger partial charge is 0.394 e. The Morgan fingerprint density at radius 2 is 1.00 bits per heavy atom. The fraction of sp³-hybridized carbons (Fsp3) is 1.00. The van der Waals surface area contributed by atoms with Crippen molar-refractivity contribution in [3.8, 4) is 0 Å². The second-order valence-electron chi connectivity index (χ2n) is 0.447. The minimum Gasteiger partial charge on any atom is -0.394 e. The number of hydrogen-bond acceptors (Lipinski definition) is 2. The molecule has 0 aliphatic heterocycles. The van der Waals surface area contributed by atoms with E-state index in [1.54, 1.807) is 0 Å². The molecule has 2 nitrogen and oxygen atoms in total. The number of aliphatic hydroxyl groups is 2. The summed E-state index contributed by atoms with van der Waals surface area (Å²) in [4.78, 5) is 0. The van der Waals surface area contributed by atoms with Crippen molar-refractivity contribution in [1.82, 2.24) is 0 Å². The molecule has 0 aliphatic carbocycles. The van der Waals surface area contributed by atoms with E-state index in [4.69, 9.17) is 10.2 Å². The third-order valence-corrected chi connectivity index (χ3v) is 0.1000. The van der Waals surface area contributed by atoms with Gasteiger partial charge in [-0.05, 0) is 0 Å². The summed E-state index contributed by atoms with van der Waals surface area (Å²) in [6, 6.07) is 0. The van der Waals surface area contributed by atoms with Gasteiger partial charge in [0, 0.05) is 0 Å². The number of aliphatic hydroxyl groups excluding tert-OH is 2. The molecule has 0 unspecified atom stereocenters. The molecule has 0 spiro atoms. The average Bonchev–Trinajstić information content (AvgIpc) is 1.37. The second kappa shape index (κ2) is 15.8. The van der Waals surface area contributed by atoms with E-state index < -0.39 is 0 Å². The van der Waals surface area contributed by atoms with Gasteiger partial charge in [-0.25, -0.2) is 0 Å². The van der Waals surface area contributed by atoms with Crippen molar-refractivity contribution in [3.05, 3.63) is 0 Å². The summed E-state index contributed by atoms with van der Waals surface area (Å²) in [5.41, 5.74) is 0. The van der Waals surface area contributed by atoms with E-state index in [0.717, 1.165) is 0 Å². The Morgan fingerprint density at radius 1 is 0.833 bits per heavy atom. The van der Waals surface area contributed by atoms with Crippen molar-refractivity contribution >= 4 is 0 Å². The third kappa shape index (κ3) is 16.8. The van der Waals surface area contributed by atoms with Gasteiger partial charge in [0.2, 0.25) is 0 Å². The summed E-state index contributed by atoms with van der Waals surface area (Å²) >= 11 is 0.